The van der Waals surface area contributed by atoms with Crippen LogP contribution in [0.2, 0.25) is 0 Å². The summed E-state index contributed by atoms with van der Waals surface area (Å²) in [7, 11) is 4.46. The van der Waals surface area contributed by atoms with E-state index in [0.29, 0.717) is 24.5 Å². The number of ether oxygens (including phenoxy) is 5. The Hall–Kier alpha value is -2.81. The largest absolute Gasteiger partial charge is 0.463 e. The highest BCUT2D eigenvalue weighted by atomic mass is 33.1. The van der Waals surface area contributed by atoms with Gasteiger partial charge in [0, 0.05) is 25.0 Å². The van der Waals surface area contributed by atoms with Crippen molar-refractivity contribution in [2.75, 3.05) is 38.4 Å². The fourth-order valence-electron chi connectivity index (χ4n) is 2.98. The normalized spacial score (nSPS) is 13.7. The number of rotatable bonds is 20. The summed E-state index contributed by atoms with van der Waals surface area (Å²) < 4.78 is 24.9. The van der Waals surface area contributed by atoms with E-state index in [9.17, 15) is 29.1 Å². The number of aliphatic hydroxyl groups excluding tert-OH is 1. The summed E-state index contributed by atoms with van der Waals surface area (Å²) in [4.78, 5) is 60.2. The maximum absolute atomic E-state index is 12.6. The molecular formula is C27H39NO11S2. The molecule has 1 aromatic carbocycles. The molecule has 12 nitrogen and oxygen atoms in total. The Balaban J connectivity index is 2.50. The van der Waals surface area contributed by atoms with Gasteiger partial charge in [-0.05, 0) is 32.8 Å². The second-order valence-electron chi connectivity index (χ2n) is 8.78. The molecule has 0 fully saturated rings. The third kappa shape index (κ3) is 16.9. The van der Waals surface area contributed by atoms with E-state index in [1.807, 2.05) is 30.3 Å². The molecule has 0 aliphatic heterocycles. The Labute approximate surface area is 247 Å². The topological polar surface area (TPSA) is 164 Å². The van der Waals surface area contributed by atoms with Gasteiger partial charge in [0.1, 0.15) is 19.3 Å². The molecule has 0 spiro atoms. The number of aliphatic hydroxyl groups is 1. The quantitative estimate of drug-likeness (QED) is 0.0944. The van der Waals surface area contributed by atoms with Crippen LogP contribution < -0.4 is 5.32 Å². The lowest BCUT2D eigenvalue weighted by molar-refractivity contribution is -0.179. The SMILES string of the molecule is COCCOC(=O)CCSSCCC(=O)NC(COC(=O)C(C)OC(=O)C(C)OC(=O)C(C)O)Cc1ccccc1. The highest BCUT2D eigenvalue weighted by Gasteiger charge is 2.27. The minimum atomic E-state index is -1.41. The zero-order valence-corrected chi connectivity index (χ0v) is 25.3. The standard InChI is InChI=1S/C27H39NO11S2/c1-18(29)25(32)38-20(3)27(34)39-19(2)26(33)37-17-22(16-21-8-6-5-7-9-21)28-23(30)10-14-40-41-15-11-24(31)36-13-12-35-4/h5-9,18-20,22,29H,10-17H2,1-4H3,(H,28,30). The summed E-state index contributed by atoms with van der Waals surface area (Å²) in [5, 5.41) is 12.1. The fraction of sp³-hybridized carbons (Fsp3) is 0.593. The van der Waals surface area contributed by atoms with Gasteiger partial charge in [-0.15, -0.1) is 0 Å². The molecule has 4 atom stereocenters. The van der Waals surface area contributed by atoms with E-state index >= 15 is 0 Å². The predicted octanol–water partition coefficient (Wildman–Crippen LogP) is 1.85. The zero-order chi connectivity index (χ0) is 30.6. The molecule has 1 aromatic rings. The highest BCUT2D eigenvalue weighted by molar-refractivity contribution is 8.76. The summed E-state index contributed by atoms with van der Waals surface area (Å²) in [6.45, 7) is 4.15. The number of hydrogen-bond acceptors (Lipinski definition) is 13. The number of carbonyl (C=O) groups excluding carboxylic acids is 5. The molecule has 14 heteroatoms. The van der Waals surface area contributed by atoms with Crippen LogP contribution >= 0.6 is 21.6 Å². The third-order valence-corrected chi connectivity index (χ3v) is 7.55. The van der Waals surface area contributed by atoms with Gasteiger partial charge in [-0.25, -0.2) is 14.4 Å². The molecule has 41 heavy (non-hydrogen) atoms. The van der Waals surface area contributed by atoms with Crippen molar-refractivity contribution in [3.8, 4) is 0 Å². The van der Waals surface area contributed by atoms with Crippen molar-refractivity contribution in [1.29, 1.82) is 0 Å². The molecule has 2 N–H and O–H groups in total. The van der Waals surface area contributed by atoms with Crippen molar-refractivity contribution in [2.45, 2.75) is 64.4 Å². The van der Waals surface area contributed by atoms with Crippen molar-refractivity contribution in [2.24, 2.45) is 0 Å². The van der Waals surface area contributed by atoms with Gasteiger partial charge in [-0.1, -0.05) is 51.9 Å². The molecule has 1 rings (SSSR count). The van der Waals surface area contributed by atoms with E-state index in [2.05, 4.69) is 5.32 Å². The minimum absolute atomic E-state index is 0.166. The number of nitrogens with one attached hydrogen (secondary N) is 1. The Bertz CT molecular complexity index is 962. The Morgan fingerprint density at radius 1 is 0.829 bits per heavy atom. The van der Waals surface area contributed by atoms with Crippen LogP contribution in [-0.2, 0) is 54.1 Å². The molecule has 0 saturated heterocycles. The highest BCUT2D eigenvalue weighted by Crippen LogP contribution is 2.22. The monoisotopic (exact) mass is 617 g/mol. The van der Waals surface area contributed by atoms with Crippen molar-refractivity contribution < 1.29 is 52.8 Å². The molecule has 0 saturated carbocycles. The van der Waals surface area contributed by atoms with Crippen molar-refractivity contribution in [1.82, 2.24) is 5.32 Å². The van der Waals surface area contributed by atoms with Gasteiger partial charge in [0.05, 0.1) is 19.1 Å². The maximum atomic E-state index is 12.6. The molecule has 0 bridgehead atoms. The van der Waals surface area contributed by atoms with Crippen molar-refractivity contribution in [3.05, 3.63) is 35.9 Å². The van der Waals surface area contributed by atoms with Crippen LogP contribution in [0.25, 0.3) is 0 Å². The molecule has 0 aromatic heterocycles. The number of amides is 1. The Kier molecular flexibility index (Phi) is 18.5. The van der Waals surface area contributed by atoms with Gasteiger partial charge in [0.25, 0.3) is 0 Å². The maximum Gasteiger partial charge on any atom is 0.347 e. The van der Waals surface area contributed by atoms with Gasteiger partial charge < -0.3 is 34.1 Å². The fourth-order valence-corrected chi connectivity index (χ4v) is 4.94. The average molecular weight is 618 g/mol. The van der Waals surface area contributed by atoms with Crippen LogP contribution in [-0.4, -0.2) is 97.7 Å². The number of methoxy groups -OCH3 is 1. The first-order chi connectivity index (χ1) is 19.5. The van der Waals surface area contributed by atoms with Gasteiger partial charge >= 0.3 is 23.9 Å². The molecule has 0 heterocycles. The van der Waals surface area contributed by atoms with Gasteiger partial charge in [0.2, 0.25) is 5.91 Å². The van der Waals surface area contributed by atoms with Gasteiger partial charge in [-0.2, -0.15) is 0 Å². The van der Waals surface area contributed by atoms with E-state index < -0.39 is 42.3 Å². The summed E-state index contributed by atoms with van der Waals surface area (Å²) in [5.74, 6) is -2.29. The zero-order valence-electron chi connectivity index (χ0n) is 23.7. The average Bonchev–Trinajstić information content (AvgIpc) is 2.93. The summed E-state index contributed by atoms with van der Waals surface area (Å²) in [6, 6.07) is 8.80. The van der Waals surface area contributed by atoms with Crippen LogP contribution in [0.4, 0.5) is 0 Å². The van der Waals surface area contributed by atoms with E-state index in [-0.39, 0.29) is 37.9 Å². The molecule has 230 valence electrons. The van der Waals surface area contributed by atoms with E-state index in [1.165, 1.54) is 49.5 Å². The van der Waals surface area contributed by atoms with E-state index in [0.717, 1.165) is 5.56 Å². The van der Waals surface area contributed by atoms with Crippen molar-refractivity contribution in [3.63, 3.8) is 0 Å². The van der Waals surface area contributed by atoms with Crippen LogP contribution in [0, 0.1) is 0 Å². The first-order valence-electron chi connectivity index (χ1n) is 13.0. The second-order valence-corrected chi connectivity index (χ2v) is 11.5. The van der Waals surface area contributed by atoms with Crippen LogP contribution in [0.1, 0.15) is 39.2 Å². The summed E-state index contributed by atoms with van der Waals surface area (Å²) >= 11 is 0. The molecule has 0 aliphatic carbocycles. The summed E-state index contributed by atoms with van der Waals surface area (Å²) in [5.41, 5.74) is 0.921. The predicted molar refractivity (Wildman–Crippen MR) is 153 cm³/mol. The number of esters is 4. The van der Waals surface area contributed by atoms with E-state index in [4.69, 9.17) is 23.7 Å². The number of hydrogen-bond donors (Lipinski definition) is 2. The third-order valence-electron chi connectivity index (χ3n) is 5.14. The molecular weight excluding hydrogens is 578 g/mol. The second kappa shape index (κ2) is 21.0. The molecule has 0 radical (unpaired) electrons. The first-order valence-corrected chi connectivity index (χ1v) is 15.5. The Morgan fingerprint density at radius 3 is 2.07 bits per heavy atom. The van der Waals surface area contributed by atoms with Crippen LogP contribution in [0.5, 0.6) is 0 Å². The lowest BCUT2D eigenvalue weighted by Crippen LogP contribution is -2.42. The molecule has 1 amide bonds. The van der Waals surface area contributed by atoms with Crippen LogP contribution in [0.3, 0.4) is 0 Å². The van der Waals surface area contributed by atoms with Gasteiger partial charge in [-0.3, -0.25) is 9.59 Å². The number of carbonyl (C=O) groups is 5. The number of benzene rings is 1. The minimum Gasteiger partial charge on any atom is -0.463 e. The Morgan fingerprint density at radius 2 is 1.44 bits per heavy atom. The smallest absolute Gasteiger partial charge is 0.347 e. The van der Waals surface area contributed by atoms with Crippen LogP contribution in [0.15, 0.2) is 30.3 Å². The first kappa shape index (κ1) is 36.2. The summed E-state index contributed by atoms with van der Waals surface area (Å²) in [6.07, 6.45) is -3.17. The van der Waals surface area contributed by atoms with Crippen molar-refractivity contribution >= 4 is 51.4 Å². The molecule has 0 aliphatic rings. The van der Waals surface area contributed by atoms with E-state index in [1.54, 1.807) is 0 Å². The lowest BCUT2D eigenvalue weighted by Gasteiger charge is -2.21. The lowest BCUT2D eigenvalue weighted by atomic mass is 10.1. The molecule has 4 unspecified atom stereocenters. The van der Waals surface area contributed by atoms with Gasteiger partial charge in [0.15, 0.2) is 12.2 Å².